The van der Waals surface area contributed by atoms with E-state index in [9.17, 15) is 9.18 Å². The second-order valence-corrected chi connectivity index (χ2v) is 4.90. The zero-order valence-corrected chi connectivity index (χ0v) is 11.5. The molecule has 2 aromatic carbocycles. The Morgan fingerprint density at radius 3 is 2.90 bits per heavy atom. The van der Waals surface area contributed by atoms with E-state index in [-0.39, 0.29) is 11.8 Å². The van der Waals surface area contributed by atoms with Crippen molar-refractivity contribution in [1.29, 1.82) is 0 Å². The van der Waals surface area contributed by atoms with Gasteiger partial charge in [0.05, 0.1) is 0 Å². The number of nitrogens with one attached hydrogen (secondary N) is 2. The van der Waals surface area contributed by atoms with E-state index in [1.54, 1.807) is 17.0 Å². The van der Waals surface area contributed by atoms with E-state index in [1.165, 1.54) is 12.1 Å². The molecule has 0 atom stereocenters. The number of nitrogens with zero attached hydrogens (tertiary/aromatic N) is 1. The van der Waals surface area contributed by atoms with Crippen molar-refractivity contribution in [3.63, 3.8) is 0 Å². The summed E-state index contributed by atoms with van der Waals surface area (Å²) < 4.78 is 13.2. The van der Waals surface area contributed by atoms with Gasteiger partial charge in [0.1, 0.15) is 5.82 Å². The molecule has 0 bridgehead atoms. The van der Waals surface area contributed by atoms with Crippen LogP contribution in [-0.2, 0) is 6.54 Å². The van der Waals surface area contributed by atoms with Gasteiger partial charge in [0, 0.05) is 31.0 Å². The number of halogens is 1. The summed E-state index contributed by atoms with van der Waals surface area (Å²) in [5.41, 5.74) is 2.41. The van der Waals surface area contributed by atoms with E-state index in [2.05, 4.69) is 10.6 Å². The molecule has 5 heteroatoms. The highest BCUT2D eigenvalue weighted by molar-refractivity contribution is 6.02. The highest BCUT2D eigenvalue weighted by Crippen LogP contribution is 2.23. The molecule has 1 aliphatic rings. The molecular formula is C16H16FN3O. The van der Waals surface area contributed by atoms with Crippen LogP contribution in [0.5, 0.6) is 0 Å². The number of para-hydroxylation sites is 1. The summed E-state index contributed by atoms with van der Waals surface area (Å²) in [6.07, 6.45) is 0. The molecule has 0 radical (unpaired) electrons. The standard InChI is InChI=1S/C16H16FN3O/c17-13-5-3-6-14(10-13)19-16(21)20-9-8-18-11-12-4-1-2-7-15(12)20/h1-7,10,18H,8-9,11H2,(H,19,21). The number of anilines is 2. The lowest BCUT2D eigenvalue weighted by molar-refractivity contribution is 0.257. The highest BCUT2D eigenvalue weighted by Gasteiger charge is 2.20. The third-order valence-electron chi connectivity index (χ3n) is 3.43. The number of urea groups is 1. The molecule has 0 saturated heterocycles. The van der Waals surface area contributed by atoms with Crippen LogP contribution in [0, 0.1) is 5.82 Å². The summed E-state index contributed by atoms with van der Waals surface area (Å²) in [7, 11) is 0. The van der Waals surface area contributed by atoms with Crippen LogP contribution >= 0.6 is 0 Å². The molecule has 0 saturated carbocycles. The maximum atomic E-state index is 13.2. The number of fused-ring (bicyclic) bond motifs is 1. The summed E-state index contributed by atoms with van der Waals surface area (Å²) in [4.78, 5) is 14.1. The minimum atomic E-state index is -0.370. The third-order valence-corrected chi connectivity index (χ3v) is 3.43. The molecule has 4 nitrogen and oxygen atoms in total. The fourth-order valence-corrected chi connectivity index (χ4v) is 2.43. The number of hydrogen-bond donors (Lipinski definition) is 2. The van der Waals surface area contributed by atoms with Gasteiger partial charge in [-0.25, -0.2) is 9.18 Å². The van der Waals surface area contributed by atoms with Crippen LogP contribution < -0.4 is 15.5 Å². The van der Waals surface area contributed by atoms with Crippen molar-refractivity contribution in [3.05, 3.63) is 59.9 Å². The number of carbonyl (C=O) groups is 1. The van der Waals surface area contributed by atoms with E-state index in [0.717, 1.165) is 17.8 Å². The van der Waals surface area contributed by atoms with Crippen LogP contribution in [0.15, 0.2) is 48.5 Å². The lowest BCUT2D eigenvalue weighted by Gasteiger charge is -2.22. The van der Waals surface area contributed by atoms with Gasteiger partial charge in [-0.3, -0.25) is 4.90 Å². The Morgan fingerprint density at radius 1 is 1.19 bits per heavy atom. The minimum absolute atomic E-state index is 0.253. The molecule has 0 aromatic heterocycles. The summed E-state index contributed by atoms with van der Waals surface area (Å²) >= 11 is 0. The van der Waals surface area contributed by atoms with Gasteiger partial charge in [0.15, 0.2) is 0 Å². The zero-order valence-electron chi connectivity index (χ0n) is 11.5. The van der Waals surface area contributed by atoms with Crippen molar-refractivity contribution >= 4 is 17.4 Å². The Bertz CT molecular complexity index is 659. The summed E-state index contributed by atoms with van der Waals surface area (Å²) in [6, 6.07) is 13.4. The number of hydrogen-bond acceptors (Lipinski definition) is 2. The van der Waals surface area contributed by atoms with Gasteiger partial charge >= 0.3 is 6.03 Å². The molecule has 0 fully saturated rings. The van der Waals surface area contributed by atoms with Crippen LogP contribution in [0.1, 0.15) is 5.56 Å². The molecule has 0 spiro atoms. The van der Waals surface area contributed by atoms with E-state index in [1.807, 2.05) is 24.3 Å². The van der Waals surface area contributed by atoms with Gasteiger partial charge in [0.2, 0.25) is 0 Å². The first kappa shape index (κ1) is 13.6. The Balaban J connectivity index is 1.84. The molecule has 1 heterocycles. The van der Waals surface area contributed by atoms with Crippen molar-refractivity contribution in [2.45, 2.75) is 6.54 Å². The Kier molecular flexibility index (Phi) is 3.83. The van der Waals surface area contributed by atoms with Crippen LogP contribution in [0.2, 0.25) is 0 Å². The van der Waals surface area contributed by atoms with Crippen molar-refractivity contribution in [3.8, 4) is 0 Å². The van der Waals surface area contributed by atoms with Gasteiger partial charge in [0.25, 0.3) is 0 Å². The van der Waals surface area contributed by atoms with Gasteiger partial charge in [-0.05, 0) is 29.8 Å². The molecule has 0 unspecified atom stereocenters. The van der Waals surface area contributed by atoms with Crippen molar-refractivity contribution in [2.75, 3.05) is 23.3 Å². The third kappa shape index (κ3) is 3.03. The maximum absolute atomic E-state index is 13.2. The fraction of sp³-hybridized carbons (Fsp3) is 0.188. The lowest BCUT2D eigenvalue weighted by atomic mass is 10.1. The maximum Gasteiger partial charge on any atom is 0.326 e. The van der Waals surface area contributed by atoms with Crippen molar-refractivity contribution < 1.29 is 9.18 Å². The van der Waals surface area contributed by atoms with Crippen molar-refractivity contribution in [2.24, 2.45) is 0 Å². The fourth-order valence-electron chi connectivity index (χ4n) is 2.43. The Labute approximate surface area is 122 Å². The minimum Gasteiger partial charge on any atom is -0.311 e. The van der Waals surface area contributed by atoms with E-state index in [0.29, 0.717) is 18.8 Å². The van der Waals surface area contributed by atoms with E-state index < -0.39 is 0 Å². The molecule has 3 rings (SSSR count). The summed E-state index contributed by atoms with van der Waals surface area (Å²) in [6.45, 7) is 2.02. The molecule has 1 aliphatic heterocycles. The normalized spacial score (nSPS) is 14.2. The molecule has 2 N–H and O–H groups in total. The summed E-state index contributed by atoms with van der Waals surface area (Å²) in [5.74, 6) is -0.370. The molecule has 108 valence electrons. The van der Waals surface area contributed by atoms with Crippen LogP contribution in [0.4, 0.5) is 20.6 Å². The lowest BCUT2D eigenvalue weighted by Crippen LogP contribution is -2.38. The van der Waals surface area contributed by atoms with E-state index >= 15 is 0 Å². The number of rotatable bonds is 1. The molecule has 0 aliphatic carbocycles. The smallest absolute Gasteiger partial charge is 0.311 e. The topological polar surface area (TPSA) is 44.4 Å². The van der Waals surface area contributed by atoms with Gasteiger partial charge < -0.3 is 10.6 Å². The summed E-state index contributed by atoms with van der Waals surface area (Å²) in [5, 5.41) is 6.02. The first-order valence-corrected chi connectivity index (χ1v) is 6.87. The highest BCUT2D eigenvalue weighted by atomic mass is 19.1. The first-order chi connectivity index (χ1) is 10.2. The average Bonchev–Trinajstić information content (AvgIpc) is 2.69. The number of benzene rings is 2. The average molecular weight is 285 g/mol. The van der Waals surface area contributed by atoms with Gasteiger partial charge in [-0.15, -0.1) is 0 Å². The Hall–Kier alpha value is -2.40. The molecule has 2 aromatic rings. The molecular weight excluding hydrogens is 269 g/mol. The van der Waals surface area contributed by atoms with Crippen LogP contribution in [0.25, 0.3) is 0 Å². The molecule has 2 amide bonds. The first-order valence-electron chi connectivity index (χ1n) is 6.87. The predicted octanol–water partition coefficient (Wildman–Crippen LogP) is 2.97. The van der Waals surface area contributed by atoms with E-state index in [4.69, 9.17) is 0 Å². The SMILES string of the molecule is O=C(Nc1cccc(F)c1)N1CCNCc2ccccc21. The molecule has 21 heavy (non-hydrogen) atoms. The van der Waals surface area contributed by atoms with Gasteiger partial charge in [-0.2, -0.15) is 0 Å². The van der Waals surface area contributed by atoms with Gasteiger partial charge in [-0.1, -0.05) is 24.3 Å². The van der Waals surface area contributed by atoms with Crippen molar-refractivity contribution in [1.82, 2.24) is 5.32 Å². The largest absolute Gasteiger partial charge is 0.326 e. The second kappa shape index (κ2) is 5.93. The number of carbonyl (C=O) groups excluding carboxylic acids is 1. The second-order valence-electron chi connectivity index (χ2n) is 4.90. The predicted molar refractivity (Wildman–Crippen MR) is 80.9 cm³/mol. The van der Waals surface area contributed by atoms with Crippen LogP contribution in [0.3, 0.4) is 0 Å². The van der Waals surface area contributed by atoms with Crippen LogP contribution in [-0.4, -0.2) is 19.1 Å². The Morgan fingerprint density at radius 2 is 2.05 bits per heavy atom. The number of amides is 2. The quantitative estimate of drug-likeness (QED) is 0.846. The monoisotopic (exact) mass is 285 g/mol. The zero-order chi connectivity index (χ0) is 14.7.